The standard InChI is InChI=1S/C37H54O16/c38-30(39)22-9-1-4-12-25(22)34(46)50-18-37(17-49-21-53-29-16-8-7-15-28(29)33(44)45,19-51-35(47)26-13-5-2-10-23(26)31(40)41)20-52-36(48)27-14-6-3-11-24(27)32(42)43/h22-29H,1-21H2,(H,38,39)(H,40,41)(H,42,43)(H,44,45). The monoisotopic (exact) mass is 754 g/mol. The van der Waals surface area contributed by atoms with Crippen molar-refractivity contribution in [3.05, 3.63) is 0 Å². The molecule has 8 atom stereocenters. The fourth-order valence-electron chi connectivity index (χ4n) is 8.34. The Morgan fingerprint density at radius 1 is 0.415 bits per heavy atom. The van der Waals surface area contributed by atoms with Crippen molar-refractivity contribution in [3.63, 3.8) is 0 Å². The Balaban J connectivity index is 1.57. The summed E-state index contributed by atoms with van der Waals surface area (Å²) in [6.45, 7) is -2.55. The summed E-state index contributed by atoms with van der Waals surface area (Å²) in [5.41, 5.74) is -1.63. The van der Waals surface area contributed by atoms with E-state index in [1.165, 1.54) is 0 Å². The van der Waals surface area contributed by atoms with Crippen LogP contribution in [0.5, 0.6) is 0 Å². The van der Waals surface area contributed by atoms with Gasteiger partial charge in [0.05, 0.1) is 59.6 Å². The number of hydrogen-bond acceptors (Lipinski definition) is 12. The first-order valence-corrected chi connectivity index (χ1v) is 18.9. The average molecular weight is 755 g/mol. The number of carbonyl (C=O) groups excluding carboxylic acids is 3. The molecule has 0 aliphatic heterocycles. The fourth-order valence-corrected chi connectivity index (χ4v) is 8.34. The van der Waals surface area contributed by atoms with E-state index in [-0.39, 0.29) is 38.5 Å². The van der Waals surface area contributed by atoms with Gasteiger partial charge in [0, 0.05) is 0 Å². The molecule has 298 valence electrons. The lowest BCUT2D eigenvalue weighted by Crippen LogP contribution is -2.46. The van der Waals surface area contributed by atoms with Crippen molar-refractivity contribution in [1.29, 1.82) is 0 Å². The summed E-state index contributed by atoms with van der Waals surface area (Å²) < 4.78 is 28.9. The van der Waals surface area contributed by atoms with E-state index in [1.807, 2.05) is 0 Å². The first-order chi connectivity index (χ1) is 25.3. The van der Waals surface area contributed by atoms with Crippen LogP contribution in [-0.4, -0.2) is 102 Å². The predicted octanol–water partition coefficient (Wildman–Crippen LogP) is 3.91. The second kappa shape index (κ2) is 20.0. The third-order valence-corrected chi connectivity index (χ3v) is 11.5. The second-order valence-corrected chi connectivity index (χ2v) is 15.2. The summed E-state index contributed by atoms with van der Waals surface area (Å²) in [6, 6.07) is 0. The van der Waals surface area contributed by atoms with Crippen LogP contribution in [0, 0.1) is 46.8 Å². The number of esters is 3. The van der Waals surface area contributed by atoms with Crippen LogP contribution in [0.15, 0.2) is 0 Å². The van der Waals surface area contributed by atoms with Crippen molar-refractivity contribution in [2.24, 2.45) is 46.8 Å². The van der Waals surface area contributed by atoms with Crippen LogP contribution in [0.2, 0.25) is 0 Å². The van der Waals surface area contributed by atoms with Gasteiger partial charge in [-0.2, -0.15) is 0 Å². The Kier molecular flexibility index (Phi) is 15.9. The molecule has 8 unspecified atom stereocenters. The molecule has 0 saturated heterocycles. The van der Waals surface area contributed by atoms with E-state index in [0.29, 0.717) is 51.4 Å². The predicted molar refractivity (Wildman–Crippen MR) is 180 cm³/mol. The molecule has 4 aliphatic carbocycles. The van der Waals surface area contributed by atoms with Crippen LogP contribution in [-0.2, 0) is 57.2 Å². The highest BCUT2D eigenvalue weighted by molar-refractivity contribution is 5.83. The van der Waals surface area contributed by atoms with Crippen molar-refractivity contribution in [1.82, 2.24) is 0 Å². The third kappa shape index (κ3) is 11.6. The zero-order valence-corrected chi connectivity index (χ0v) is 30.2. The molecule has 0 radical (unpaired) electrons. The SMILES string of the molecule is O=C(O)C1CCCCC1OCOCC(COC(=O)C1CCCCC1C(=O)O)(COC(=O)C1CCCCC1C(=O)O)COC(=O)C1CCCCC1C(=O)O. The third-order valence-electron chi connectivity index (χ3n) is 11.5. The van der Waals surface area contributed by atoms with E-state index in [2.05, 4.69) is 0 Å². The highest BCUT2D eigenvalue weighted by Crippen LogP contribution is 2.36. The number of ether oxygens (including phenoxy) is 5. The molecule has 0 aromatic carbocycles. The molecule has 16 nitrogen and oxygen atoms in total. The Morgan fingerprint density at radius 3 is 1.06 bits per heavy atom. The molecule has 4 aliphatic rings. The first-order valence-electron chi connectivity index (χ1n) is 18.9. The van der Waals surface area contributed by atoms with Crippen LogP contribution < -0.4 is 0 Å². The van der Waals surface area contributed by atoms with Gasteiger partial charge in [-0.3, -0.25) is 33.6 Å². The maximum atomic E-state index is 13.5. The van der Waals surface area contributed by atoms with Gasteiger partial charge in [0.2, 0.25) is 0 Å². The molecule has 16 heteroatoms. The van der Waals surface area contributed by atoms with E-state index in [9.17, 15) is 54.0 Å². The Bertz CT molecular complexity index is 1190. The van der Waals surface area contributed by atoms with Gasteiger partial charge in [0.15, 0.2) is 0 Å². The number of carboxylic acids is 4. The van der Waals surface area contributed by atoms with Crippen molar-refractivity contribution >= 4 is 41.8 Å². The molecule has 0 aromatic heterocycles. The molecule has 0 bridgehead atoms. The summed E-state index contributed by atoms with van der Waals surface area (Å²) in [4.78, 5) is 88.1. The molecule has 0 spiro atoms. The number of carboxylic acid groups (broad SMARTS) is 4. The zero-order valence-electron chi connectivity index (χ0n) is 30.2. The van der Waals surface area contributed by atoms with Gasteiger partial charge in [0.1, 0.15) is 26.6 Å². The minimum absolute atomic E-state index is 0.278. The molecule has 0 amide bonds. The maximum Gasteiger partial charge on any atom is 0.309 e. The average Bonchev–Trinajstić information content (AvgIpc) is 3.16. The topological polar surface area (TPSA) is 247 Å². The number of carbonyl (C=O) groups is 7. The van der Waals surface area contributed by atoms with Crippen LogP contribution in [0.1, 0.15) is 103 Å². The minimum atomic E-state index is -1.63. The van der Waals surface area contributed by atoms with Crippen LogP contribution in [0.4, 0.5) is 0 Å². The van der Waals surface area contributed by atoms with Gasteiger partial charge < -0.3 is 44.1 Å². The number of aliphatic carboxylic acids is 4. The van der Waals surface area contributed by atoms with Gasteiger partial charge in [-0.1, -0.05) is 51.4 Å². The summed E-state index contributed by atoms with van der Waals surface area (Å²) in [7, 11) is 0. The molecule has 4 rings (SSSR count). The van der Waals surface area contributed by atoms with Gasteiger partial charge >= 0.3 is 41.8 Å². The quantitative estimate of drug-likeness (QED) is 0.0670. The second-order valence-electron chi connectivity index (χ2n) is 15.2. The molecule has 4 saturated carbocycles. The summed E-state index contributed by atoms with van der Waals surface area (Å²) in [5, 5.41) is 39.0. The van der Waals surface area contributed by atoms with Crippen LogP contribution in [0.3, 0.4) is 0 Å². The minimum Gasteiger partial charge on any atom is -0.481 e. The fraction of sp³-hybridized carbons (Fsp3) is 0.811. The zero-order chi connectivity index (χ0) is 38.5. The van der Waals surface area contributed by atoms with Gasteiger partial charge in [-0.15, -0.1) is 0 Å². The molecule has 4 N–H and O–H groups in total. The molecule has 53 heavy (non-hydrogen) atoms. The summed E-state index contributed by atoms with van der Waals surface area (Å²) in [5.74, 6) is -13.3. The number of hydrogen-bond donors (Lipinski definition) is 4. The van der Waals surface area contributed by atoms with Gasteiger partial charge in [-0.25, -0.2) is 0 Å². The van der Waals surface area contributed by atoms with E-state index in [1.54, 1.807) is 0 Å². The normalized spacial score (nSPS) is 30.2. The van der Waals surface area contributed by atoms with Crippen LogP contribution in [0.25, 0.3) is 0 Å². The van der Waals surface area contributed by atoms with E-state index in [0.717, 1.165) is 12.8 Å². The van der Waals surface area contributed by atoms with Crippen molar-refractivity contribution in [2.75, 3.05) is 33.2 Å². The molecule has 0 aromatic rings. The summed E-state index contributed by atoms with van der Waals surface area (Å²) in [6.07, 6.45) is 7.19. The molecular weight excluding hydrogens is 700 g/mol. The number of rotatable bonds is 18. The van der Waals surface area contributed by atoms with E-state index in [4.69, 9.17) is 23.7 Å². The lowest BCUT2D eigenvalue weighted by Gasteiger charge is -2.35. The highest BCUT2D eigenvalue weighted by Gasteiger charge is 2.44. The van der Waals surface area contributed by atoms with E-state index >= 15 is 0 Å². The molecule has 0 heterocycles. The van der Waals surface area contributed by atoms with Gasteiger partial charge in [0.25, 0.3) is 0 Å². The van der Waals surface area contributed by atoms with Gasteiger partial charge in [-0.05, 0) is 51.4 Å². The molecule has 4 fully saturated rings. The maximum absolute atomic E-state index is 13.5. The highest BCUT2D eigenvalue weighted by atomic mass is 16.7. The Labute approximate surface area is 308 Å². The van der Waals surface area contributed by atoms with E-state index < -0.39 is 128 Å². The van der Waals surface area contributed by atoms with Crippen molar-refractivity contribution in [3.8, 4) is 0 Å². The first kappa shape index (κ1) is 42.0. The largest absolute Gasteiger partial charge is 0.481 e. The lowest BCUT2D eigenvalue weighted by atomic mass is 9.79. The Hall–Kier alpha value is -3.79. The molecular formula is C37H54O16. The lowest BCUT2D eigenvalue weighted by molar-refractivity contribution is -0.188. The smallest absolute Gasteiger partial charge is 0.309 e. The summed E-state index contributed by atoms with van der Waals surface area (Å²) >= 11 is 0. The Morgan fingerprint density at radius 2 is 0.717 bits per heavy atom. The van der Waals surface area contributed by atoms with Crippen LogP contribution >= 0.6 is 0 Å². The van der Waals surface area contributed by atoms with Crippen molar-refractivity contribution in [2.45, 2.75) is 109 Å². The van der Waals surface area contributed by atoms with Crippen molar-refractivity contribution < 1.29 is 77.7 Å².